The topological polar surface area (TPSA) is 109 Å². The number of rotatable bonds is 3. The van der Waals surface area contributed by atoms with Crippen molar-refractivity contribution in [3.8, 4) is 0 Å². The number of hydrogen-bond donors (Lipinski definition) is 2. The summed E-state index contributed by atoms with van der Waals surface area (Å²) in [6.45, 7) is 0. The number of aromatic nitrogens is 2. The van der Waals surface area contributed by atoms with Crippen LogP contribution in [0.15, 0.2) is 6.20 Å². The van der Waals surface area contributed by atoms with E-state index < -0.39 is 16.3 Å². The van der Waals surface area contributed by atoms with E-state index in [2.05, 4.69) is 10.2 Å². The molecular weight excluding hydrogens is 226 g/mol. The number of carboxylic acid groups (broad SMARTS) is 1. The first-order valence-corrected chi connectivity index (χ1v) is 5.49. The van der Waals surface area contributed by atoms with Gasteiger partial charge in [-0.15, -0.1) is 0 Å². The van der Waals surface area contributed by atoms with Gasteiger partial charge in [-0.1, -0.05) is 19.3 Å². The van der Waals surface area contributed by atoms with E-state index in [0.29, 0.717) is 12.8 Å². The second kappa shape index (κ2) is 4.15. The van der Waals surface area contributed by atoms with Crippen LogP contribution in [0.3, 0.4) is 0 Å². The van der Waals surface area contributed by atoms with E-state index in [9.17, 15) is 20.0 Å². The molecule has 92 valence electrons. The van der Waals surface area contributed by atoms with Crippen LogP contribution in [-0.2, 0) is 10.2 Å². The Bertz CT molecular complexity index is 448. The van der Waals surface area contributed by atoms with Gasteiger partial charge in [-0.2, -0.15) is 5.10 Å². The molecule has 1 fully saturated rings. The first-order valence-electron chi connectivity index (χ1n) is 5.49. The van der Waals surface area contributed by atoms with Crippen LogP contribution in [0.5, 0.6) is 0 Å². The fraction of sp³-hybridized carbons (Fsp3) is 0.600. The number of hydrogen-bond acceptors (Lipinski definition) is 4. The Morgan fingerprint density at radius 3 is 2.65 bits per heavy atom. The number of carboxylic acids is 1. The molecule has 0 aliphatic heterocycles. The molecule has 0 unspecified atom stereocenters. The molecule has 2 N–H and O–H groups in total. The molecular formula is C10H13N3O4. The van der Waals surface area contributed by atoms with Crippen LogP contribution in [-0.4, -0.2) is 26.2 Å². The highest BCUT2D eigenvalue weighted by molar-refractivity contribution is 5.82. The van der Waals surface area contributed by atoms with Gasteiger partial charge in [0.1, 0.15) is 17.3 Å². The van der Waals surface area contributed by atoms with Crippen molar-refractivity contribution in [3.05, 3.63) is 22.0 Å². The van der Waals surface area contributed by atoms with E-state index in [1.165, 1.54) is 0 Å². The van der Waals surface area contributed by atoms with Gasteiger partial charge in [0.2, 0.25) is 0 Å². The molecule has 0 radical (unpaired) electrons. The Balaban J connectivity index is 2.49. The summed E-state index contributed by atoms with van der Waals surface area (Å²) in [5.41, 5.74) is -1.26. The quantitative estimate of drug-likeness (QED) is 0.615. The molecule has 1 aliphatic rings. The van der Waals surface area contributed by atoms with Crippen molar-refractivity contribution >= 4 is 11.7 Å². The third kappa shape index (κ3) is 1.77. The fourth-order valence-corrected chi connectivity index (χ4v) is 2.50. The van der Waals surface area contributed by atoms with Crippen LogP contribution in [0.25, 0.3) is 0 Å². The first kappa shape index (κ1) is 11.6. The van der Waals surface area contributed by atoms with Crippen molar-refractivity contribution < 1.29 is 14.8 Å². The summed E-state index contributed by atoms with van der Waals surface area (Å²) >= 11 is 0. The predicted octanol–water partition coefficient (Wildman–Crippen LogP) is 1.60. The number of nitro groups is 1. The third-order valence-corrected chi connectivity index (χ3v) is 3.41. The fourth-order valence-electron chi connectivity index (χ4n) is 2.50. The number of carbonyl (C=O) groups is 1. The lowest BCUT2D eigenvalue weighted by molar-refractivity contribution is -0.386. The SMILES string of the molecule is O=C(O)C1(c2[nH]ncc2[N+](=O)[O-])CCCCC1. The van der Waals surface area contributed by atoms with Crippen LogP contribution in [0.1, 0.15) is 37.8 Å². The van der Waals surface area contributed by atoms with Crippen LogP contribution in [0.2, 0.25) is 0 Å². The minimum atomic E-state index is -1.17. The number of nitrogens with zero attached hydrogens (tertiary/aromatic N) is 2. The molecule has 2 rings (SSSR count). The summed E-state index contributed by atoms with van der Waals surface area (Å²) in [5, 5.41) is 26.4. The number of aliphatic carboxylic acids is 1. The second-order valence-electron chi connectivity index (χ2n) is 4.34. The number of aromatic amines is 1. The zero-order valence-corrected chi connectivity index (χ0v) is 9.18. The molecule has 7 heteroatoms. The van der Waals surface area contributed by atoms with Crippen molar-refractivity contribution in [2.75, 3.05) is 0 Å². The first-order chi connectivity index (χ1) is 8.08. The van der Waals surface area contributed by atoms with E-state index in [4.69, 9.17) is 0 Å². The molecule has 7 nitrogen and oxygen atoms in total. The van der Waals surface area contributed by atoms with E-state index in [-0.39, 0.29) is 11.4 Å². The lowest BCUT2D eigenvalue weighted by Crippen LogP contribution is -2.38. The van der Waals surface area contributed by atoms with Crippen molar-refractivity contribution in [1.29, 1.82) is 0 Å². The number of nitrogens with one attached hydrogen (secondary N) is 1. The number of H-pyrrole nitrogens is 1. The Hall–Kier alpha value is -1.92. The smallest absolute Gasteiger partial charge is 0.315 e. The van der Waals surface area contributed by atoms with Gasteiger partial charge in [0, 0.05) is 0 Å². The molecule has 1 aliphatic carbocycles. The monoisotopic (exact) mass is 239 g/mol. The third-order valence-electron chi connectivity index (χ3n) is 3.41. The summed E-state index contributed by atoms with van der Waals surface area (Å²) in [6.07, 6.45) is 4.42. The van der Waals surface area contributed by atoms with E-state index in [1.807, 2.05) is 0 Å². The Kier molecular flexibility index (Phi) is 2.83. The van der Waals surface area contributed by atoms with Crippen molar-refractivity contribution in [3.63, 3.8) is 0 Å². The summed E-state index contributed by atoms with van der Waals surface area (Å²) < 4.78 is 0. The maximum absolute atomic E-state index is 11.5. The van der Waals surface area contributed by atoms with Crippen LogP contribution in [0.4, 0.5) is 5.69 Å². The summed E-state index contributed by atoms with van der Waals surface area (Å²) in [6, 6.07) is 0. The van der Waals surface area contributed by atoms with Gasteiger partial charge < -0.3 is 5.11 Å². The molecule has 0 aromatic carbocycles. The van der Waals surface area contributed by atoms with Crippen molar-refractivity contribution in [2.45, 2.75) is 37.5 Å². The van der Waals surface area contributed by atoms with E-state index >= 15 is 0 Å². The van der Waals surface area contributed by atoms with Gasteiger partial charge in [-0.25, -0.2) is 0 Å². The van der Waals surface area contributed by atoms with Crippen LogP contribution in [0, 0.1) is 10.1 Å². The van der Waals surface area contributed by atoms with E-state index in [1.54, 1.807) is 0 Å². The van der Waals surface area contributed by atoms with Gasteiger partial charge in [0.15, 0.2) is 0 Å². The maximum Gasteiger partial charge on any atom is 0.315 e. The Morgan fingerprint density at radius 1 is 1.47 bits per heavy atom. The second-order valence-corrected chi connectivity index (χ2v) is 4.34. The molecule has 1 saturated carbocycles. The Morgan fingerprint density at radius 2 is 2.12 bits per heavy atom. The normalized spacial score (nSPS) is 18.8. The Labute approximate surface area is 97.0 Å². The molecule has 0 saturated heterocycles. The lowest BCUT2D eigenvalue weighted by Gasteiger charge is -2.31. The van der Waals surface area contributed by atoms with Gasteiger partial charge >= 0.3 is 11.7 Å². The van der Waals surface area contributed by atoms with Gasteiger partial charge in [-0.05, 0) is 12.8 Å². The average molecular weight is 239 g/mol. The van der Waals surface area contributed by atoms with Gasteiger partial charge in [-0.3, -0.25) is 20.0 Å². The minimum Gasteiger partial charge on any atom is -0.481 e. The van der Waals surface area contributed by atoms with Crippen LogP contribution >= 0.6 is 0 Å². The largest absolute Gasteiger partial charge is 0.481 e. The minimum absolute atomic E-state index is 0.134. The standard InChI is InChI=1S/C10H13N3O4/c14-9(15)10(4-2-1-3-5-10)8-7(13(16)17)6-11-12-8/h6H,1-5H2,(H,11,12)(H,14,15). The molecule has 0 spiro atoms. The van der Waals surface area contributed by atoms with Gasteiger partial charge in [0.25, 0.3) is 0 Å². The molecule has 0 bridgehead atoms. The summed E-state index contributed by atoms with van der Waals surface area (Å²) in [5.74, 6) is -1.01. The lowest BCUT2D eigenvalue weighted by atomic mass is 9.71. The molecule has 1 aromatic heterocycles. The highest BCUT2D eigenvalue weighted by Gasteiger charge is 2.47. The molecule has 0 atom stereocenters. The molecule has 0 amide bonds. The van der Waals surface area contributed by atoms with Gasteiger partial charge in [0.05, 0.1) is 4.92 Å². The molecule has 1 heterocycles. The zero-order valence-electron chi connectivity index (χ0n) is 9.18. The zero-order chi connectivity index (χ0) is 12.5. The summed E-state index contributed by atoms with van der Waals surface area (Å²) in [7, 11) is 0. The summed E-state index contributed by atoms with van der Waals surface area (Å²) in [4.78, 5) is 21.7. The predicted molar refractivity (Wildman–Crippen MR) is 57.6 cm³/mol. The highest BCUT2D eigenvalue weighted by atomic mass is 16.6. The van der Waals surface area contributed by atoms with E-state index in [0.717, 1.165) is 25.5 Å². The van der Waals surface area contributed by atoms with Crippen molar-refractivity contribution in [1.82, 2.24) is 10.2 Å². The van der Waals surface area contributed by atoms with Crippen molar-refractivity contribution in [2.24, 2.45) is 0 Å². The maximum atomic E-state index is 11.5. The highest BCUT2D eigenvalue weighted by Crippen LogP contribution is 2.42. The average Bonchev–Trinajstić information content (AvgIpc) is 2.79. The molecule has 17 heavy (non-hydrogen) atoms. The van der Waals surface area contributed by atoms with Crippen LogP contribution < -0.4 is 0 Å². The molecule has 1 aromatic rings.